The second-order valence-corrected chi connectivity index (χ2v) is 3.07. The van der Waals surface area contributed by atoms with Crippen molar-refractivity contribution in [2.24, 2.45) is 5.73 Å². The summed E-state index contributed by atoms with van der Waals surface area (Å²) in [6, 6.07) is 0. The number of carbonyl (C=O) groups excluding carboxylic acids is 2. The minimum absolute atomic E-state index is 0.131. The van der Waals surface area contributed by atoms with Gasteiger partial charge in [-0.2, -0.15) is 0 Å². The van der Waals surface area contributed by atoms with Gasteiger partial charge in [0.15, 0.2) is 5.82 Å². The van der Waals surface area contributed by atoms with Crippen LogP contribution in [0, 0.1) is 0 Å². The number of nitrogens with two attached hydrogens (primary N) is 1. The number of carbonyl (C=O) groups is 3. The fraction of sp³-hybridized carbons (Fsp3) is 0.429. The van der Waals surface area contributed by atoms with Crippen LogP contribution in [0.5, 0.6) is 0 Å². The maximum absolute atomic E-state index is 11.3. The van der Waals surface area contributed by atoms with Crippen LogP contribution in [0.1, 0.15) is 5.82 Å². The van der Waals surface area contributed by atoms with Crippen molar-refractivity contribution in [1.82, 2.24) is 25.5 Å². The Morgan fingerprint density at radius 3 is 2.71 bits per heavy atom. The average molecular weight is 242 g/mol. The SMILES string of the molecule is NC(=O)Cn1nnnc1CC(=O)NCC(=O)O. The Balaban J connectivity index is 2.56. The molecule has 0 aromatic carbocycles. The van der Waals surface area contributed by atoms with E-state index in [1.54, 1.807) is 0 Å². The smallest absolute Gasteiger partial charge is 0.322 e. The van der Waals surface area contributed by atoms with Crippen molar-refractivity contribution in [2.75, 3.05) is 6.54 Å². The van der Waals surface area contributed by atoms with Crippen molar-refractivity contribution >= 4 is 17.8 Å². The molecule has 1 rings (SSSR count). The predicted molar refractivity (Wildman–Crippen MR) is 51.4 cm³/mol. The number of aromatic nitrogens is 4. The number of carboxylic acid groups (broad SMARTS) is 1. The van der Waals surface area contributed by atoms with E-state index in [0.717, 1.165) is 4.68 Å². The van der Waals surface area contributed by atoms with Crippen molar-refractivity contribution in [1.29, 1.82) is 0 Å². The molecule has 0 aliphatic heterocycles. The number of hydrogen-bond acceptors (Lipinski definition) is 6. The third-order valence-corrected chi connectivity index (χ3v) is 1.67. The highest BCUT2D eigenvalue weighted by atomic mass is 16.4. The Labute approximate surface area is 94.8 Å². The van der Waals surface area contributed by atoms with Gasteiger partial charge in [-0.05, 0) is 10.4 Å². The topological polar surface area (TPSA) is 153 Å². The van der Waals surface area contributed by atoms with Crippen LogP contribution in [0.2, 0.25) is 0 Å². The summed E-state index contributed by atoms with van der Waals surface area (Å²) in [5, 5.41) is 20.7. The number of amides is 2. The van der Waals surface area contributed by atoms with Crippen molar-refractivity contribution in [3.8, 4) is 0 Å². The van der Waals surface area contributed by atoms with Gasteiger partial charge in [-0.1, -0.05) is 0 Å². The molecular formula is C7H10N6O4. The summed E-state index contributed by atoms with van der Waals surface area (Å²) in [5.74, 6) is -2.24. The Bertz CT molecular complexity index is 441. The monoisotopic (exact) mass is 242 g/mol. The molecule has 17 heavy (non-hydrogen) atoms. The van der Waals surface area contributed by atoms with E-state index in [9.17, 15) is 14.4 Å². The molecule has 0 aliphatic rings. The Hall–Kier alpha value is -2.52. The van der Waals surface area contributed by atoms with Gasteiger partial charge in [0.05, 0.1) is 6.42 Å². The number of nitrogens with zero attached hydrogens (tertiary/aromatic N) is 4. The van der Waals surface area contributed by atoms with Crippen LogP contribution in [0.15, 0.2) is 0 Å². The van der Waals surface area contributed by atoms with Gasteiger partial charge in [-0.3, -0.25) is 14.4 Å². The average Bonchev–Trinajstić information content (AvgIpc) is 2.62. The molecule has 92 valence electrons. The lowest BCUT2D eigenvalue weighted by molar-refractivity contribution is -0.137. The van der Waals surface area contributed by atoms with Crippen molar-refractivity contribution in [3.05, 3.63) is 5.82 Å². The van der Waals surface area contributed by atoms with Crippen LogP contribution in [0.3, 0.4) is 0 Å². The van der Waals surface area contributed by atoms with Crippen LogP contribution in [0.25, 0.3) is 0 Å². The van der Waals surface area contributed by atoms with Gasteiger partial charge < -0.3 is 16.2 Å². The highest BCUT2D eigenvalue weighted by molar-refractivity contribution is 5.82. The first kappa shape index (κ1) is 12.5. The lowest BCUT2D eigenvalue weighted by Crippen LogP contribution is -2.32. The van der Waals surface area contributed by atoms with E-state index in [1.807, 2.05) is 0 Å². The Kier molecular flexibility index (Phi) is 4.08. The molecule has 0 saturated heterocycles. The molecule has 10 nitrogen and oxygen atoms in total. The number of rotatable bonds is 6. The molecule has 0 aliphatic carbocycles. The third kappa shape index (κ3) is 4.24. The van der Waals surface area contributed by atoms with Crippen molar-refractivity contribution in [2.45, 2.75) is 13.0 Å². The zero-order valence-electron chi connectivity index (χ0n) is 8.66. The first-order valence-electron chi connectivity index (χ1n) is 4.51. The number of nitrogens with one attached hydrogen (secondary N) is 1. The molecule has 0 unspecified atom stereocenters. The van der Waals surface area contributed by atoms with E-state index in [2.05, 4.69) is 20.8 Å². The number of carboxylic acids is 1. The van der Waals surface area contributed by atoms with Crippen molar-refractivity contribution in [3.63, 3.8) is 0 Å². The molecule has 0 bridgehead atoms. The Morgan fingerprint density at radius 2 is 2.12 bits per heavy atom. The number of hydrogen-bond donors (Lipinski definition) is 3. The maximum Gasteiger partial charge on any atom is 0.322 e. The highest BCUT2D eigenvalue weighted by Crippen LogP contribution is 1.93. The van der Waals surface area contributed by atoms with E-state index < -0.39 is 24.3 Å². The van der Waals surface area contributed by atoms with Gasteiger partial charge in [-0.15, -0.1) is 5.10 Å². The second-order valence-electron chi connectivity index (χ2n) is 3.07. The van der Waals surface area contributed by atoms with E-state index in [1.165, 1.54) is 0 Å². The lowest BCUT2D eigenvalue weighted by Gasteiger charge is -2.02. The van der Waals surface area contributed by atoms with Crippen LogP contribution < -0.4 is 11.1 Å². The molecule has 1 aromatic rings. The standard InChI is InChI=1S/C7H10N6O4/c8-4(14)3-13-5(10-11-12-13)1-6(15)9-2-7(16)17/h1-3H2,(H2,8,14)(H,9,15)(H,16,17). The molecule has 1 heterocycles. The zero-order chi connectivity index (χ0) is 12.8. The molecular weight excluding hydrogens is 232 g/mol. The predicted octanol–water partition coefficient (Wildman–Crippen LogP) is -3.10. The lowest BCUT2D eigenvalue weighted by atomic mass is 10.3. The van der Waals surface area contributed by atoms with Crippen molar-refractivity contribution < 1.29 is 19.5 Å². The normalized spacial score (nSPS) is 9.88. The minimum Gasteiger partial charge on any atom is -0.480 e. The summed E-state index contributed by atoms with van der Waals surface area (Å²) in [7, 11) is 0. The summed E-state index contributed by atoms with van der Waals surface area (Å²) in [5.41, 5.74) is 4.95. The van der Waals surface area contributed by atoms with E-state index in [4.69, 9.17) is 10.8 Å². The molecule has 0 spiro atoms. The molecule has 2 amide bonds. The maximum atomic E-state index is 11.3. The van der Waals surface area contributed by atoms with Crippen LogP contribution >= 0.6 is 0 Å². The molecule has 0 radical (unpaired) electrons. The summed E-state index contributed by atoms with van der Waals surface area (Å²) in [4.78, 5) is 32.1. The molecule has 0 saturated carbocycles. The molecule has 4 N–H and O–H groups in total. The Morgan fingerprint density at radius 1 is 1.41 bits per heavy atom. The van der Waals surface area contributed by atoms with Gasteiger partial charge in [0, 0.05) is 0 Å². The minimum atomic E-state index is -1.16. The van der Waals surface area contributed by atoms with Gasteiger partial charge in [0.1, 0.15) is 13.1 Å². The second kappa shape index (κ2) is 5.53. The molecule has 0 fully saturated rings. The van der Waals surface area contributed by atoms with Gasteiger partial charge in [-0.25, -0.2) is 4.68 Å². The largest absolute Gasteiger partial charge is 0.480 e. The molecule has 10 heteroatoms. The first-order chi connectivity index (χ1) is 7.99. The van der Waals surface area contributed by atoms with Gasteiger partial charge in [0.2, 0.25) is 11.8 Å². The fourth-order valence-corrected chi connectivity index (χ4v) is 1.00. The molecule has 1 aromatic heterocycles. The number of tetrazole rings is 1. The summed E-state index contributed by atoms with van der Waals surface area (Å²) in [6.45, 7) is -0.731. The van der Waals surface area contributed by atoms with Gasteiger partial charge >= 0.3 is 5.97 Å². The number of aliphatic carboxylic acids is 1. The molecule has 0 atom stereocenters. The van der Waals surface area contributed by atoms with E-state index in [0.29, 0.717) is 0 Å². The van der Waals surface area contributed by atoms with E-state index in [-0.39, 0.29) is 18.8 Å². The summed E-state index contributed by atoms with van der Waals surface area (Å²) >= 11 is 0. The van der Waals surface area contributed by atoms with Crippen LogP contribution in [-0.4, -0.2) is 49.6 Å². The fourth-order valence-electron chi connectivity index (χ4n) is 1.00. The number of primary amides is 1. The third-order valence-electron chi connectivity index (χ3n) is 1.67. The van der Waals surface area contributed by atoms with Crippen LogP contribution in [0.4, 0.5) is 0 Å². The first-order valence-corrected chi connectivity index (χ1v) is 4.51. The summed E-state index contributed by atoms with van der Waals surface area (Å²) in [6.07, 6.45) is -0.229. The highest BCUT2D eigenvalue weighted by Gasteiger charge is 2.13. The van der Waals surface area contributed by atoms with Gasteiger partial charge in [0.25, 0.3) is 0 Å². The zero-order valence-corrected chi connectivity index (χ0v) is 8.66. The van der Waals surface area contributed by atoms with Crippen LogP contribution in [-0.2, 0) is 27.3 Å². The van der Waals surface area contributed by atoms with E-state index >= 15 is 0 Å². The summed E-state index contributed by atoms with van der Waals surface area (Å²) < 4.78 is 1.07. The quantitative estimate of drug-likeness (QED) is 0.477.